The van der Waals surface area contributed by atoms with Crippen molar-refractivity contribution in [3.63, 3.8) is 0 Å². The quantitative estimate of drug-likeness (QED) is 0.676. The fourth-order valence-corrected chi connectivity index (χ4v) is 0.956. The summed E-state index contributed by atoms with van der Waals surface area (Å²) in [4.78, 5) is 14.5. The third-order valence-corrected chi connectivity index (χ3v) is 1.61. The summed E-state index contributed by atoms with van der Waals surface area (Å²) in [5, 5.41) is 0. The molecule has 2 N–H and O–H groups in total. The van der Waals surface area contributed by atoms with Gasteiger partial charge < -0.3 is 15.2 Å². The van der Waals surface area contributed by atoms with E-state index in [0.717, 1.165) is 0 Å². The lowest BCUT2D eigenvalue weighted by molar-refractivity contribution is -0.114. The molecule has 0 bridgehead atoms. The van der Waals surface area contributed by atoms with Gasteiger partial charge in [0.1, 0.15) is 6.61 Å². The standard InChI is InChI=1S/C10H13N2O3/c1-14-4-5-15-10-3-2-8(7-12-10)6-9(11)13/h2-3,6-7H,4-5H2,1H3,(H2,11,13). The maximum absolute atomic E-state index is 10.6. The first-order chi connectivity index (χ1) is 7.22. The van der Waals surface area contributed by atoms with E-state index in [1.165, 1.54) is 12.6 Å². The average Bonchev–Trinajstić information content (AvgIpc) is 2.20. The van der Waals surface area contributed by atoms with Crippen molar-refractivity contribution in [1.82, 2.24) is 4.98 Å². The van der Waals surface area contributed by atoms with Crippen molar-refractivity contribution >= 4 is 5.91 Å². The zero-order valence-electron chi connectivity index (χ0n) is 8.47. The molecular formula is C10H13N2O3. The van der Waals surface area contributed by atoms with Crippen molar-refractivity contribution < 1.29 is 14.3 Å². The predicted molar refractivity (Wildman–Crippen MR) is 54.2 cm³/mol. The topological polar surface area (TPSA) is 74.4 Å². The van der Waals surface area contributed by atoms with Gasteiger partial charge in [-0.25, -0.2) is 4.98 Å². The maximum Gasteiger partial charge on any atom is 0.226 e. The summed E-state index contributed by atoms with van der Waals surface area (Å²) in [5.74, 6) is -0.00137. The third kappa shape index (κ3) is 4.42. The van der Waals surface area contributed by atoms with Gasteiger partial charge in [0.05, 0.1) is 13.0 Å². The Balaban J connectivity index is 2.45. The van der Waals surface area contributed by atoms with Crippen molar-refractivity contribution in [3.8, 4) is 5.88 Å². The lowest BCUT2D eigenvalue weighted by Crippen LogP contribution is -2.11. The van der Waals surface area contributed by atoms with Gasteiger partial charge in [0.2, 0.25) is 11.8 Å². The van der Waals surface area contributed by atoms with Crippen LogP contribution >= 0.6 is 0 Å². The highest BCUT2D eigenvalue weighted by Crippen LogP contribution is 2.08. The number of ether oxygens (including phenoxy) is 2. The molecule has 0 saturated carbocycles. The predicted octanol–water partition coefficient (Wildman–Crippen LogP) is 0.144. The van der Waals surface area contributed by atoms with Crippen molar-refractivity contribution in [3.05, 3.63) is 30.3 Å². The summed E-state index contributed by atoms with van der Waals surface area (Å²) in [7, 11) is 1.60. The highest BCUT2D eigenvalue weighted by atomic mass is 16.5. The molecule has 5 nitrogen and oxygen atoms in total. The van der Waals surface area contributed by atoms with Crippen LogP contribution in [0.15, 0.2) is 18.3 Å². The molecule has 0 aromatic carbocycles. The van der Waals surface area contributed by atoms with Gasteiger partial charge in [-0.1, -0.05) is 6.07 Å². The average molecular weight is 209 g/mol. The Kier molecular flexibility index (Phi) is 4.56. The van der Waals surface area contributed by atoms with Crippen LogP contribution in [-0.4, -0.2) is 31.2 Å². The number of rotatable bonds is 6. The highest BCUT2D eigenvalue weighted by molar-refractivity contribution is 5.86. The smallest absolute Gasteiger partial charge is 0.226 e. The molecule has 0 unspecified atom stereocenters. The number of primary amides is 1. The molecule has 1 radical (unpaired) electrons. The Morgan fingerprint density at radius 1 is 1.53 bits per heavy atom. The Labute approximate surface area is 88.2 Å². The van der Waals surface area contributed by atoms with E-state index in [1.54, 1.807) is 19.2 Å². The monoisotopic (exact) mass is 209 g/mol. The molecule has 5 heteroatoms. The molecule has 1 aromatic heterocycles. The fraction of sp³-hybridized carbons (Fsp3) is 0.300. The molecular weight excluding hydrogens is 196 g/mol. The van der Waals surface area contributed by atoms with Crippen LogP contribution in [0.3, 0.4) is 0 Å². The van der Waals surface area contributed by atoms with Gasteiger partial charge in [0, 0.05) is 19.4 Å². The lowest BCUT2D eigenvalue weighted by atomic mass is 10.2. The first-order valence-corrected chi connectivity index (χ1v) is 4.44. The van der Waals surface area contributed by atoms with Gasteiger partial charge in [-0.2, -0.15) is 0 Å². The van der Waals surface area contributed by atoms with Crippen molar-refractivity contribution in [1.29, 1.82) is 0 Å². The molecule has 81 valence electrons. The van der Waals surface area contributed by atoms with Crippen molar-refractivity contribution in [2.24, 2.45) is 5.73 Å². The molecule has 1 rings (SSSR count). The molecule has 1 amide bonds. The number of carbonyl (C=O) groups is 1. The zero-order chi connectivity index (χ0) is 11.1. The summed E-state index contributed by atoms with van der Waals surface area (Å²) in [5.41, 5.74) is 5.64. The number of methoxy groups -OCH3 is 1. The van der Waals surface area contributed by atoms with Gasteiger partial charge in [0.15, 0.2) is 0 Å². The van der Waals surface area contributed by atoms with Crippen LogP contribution in [0.2, 0.25) is 0 Å². The summed E-state index contributed by atoms with van der Waals surface area (Å²) >= 11 is 0. The summed E-state index contributed by atoms with van der Waals surface area (Å²) in [6, 6.07) is 3.38. The van der Waals surface area contributed by atoms with Crippen LogP contribution in [0.5, 0.6) is 5.88 Å². The van der Waals surface area contributed by atoms with Gasteiger partial charge >= 0.3 is 0 Å². The van der Waals surface area contributed by atoms with Gasteiger partial charge in [-0.15, -0.1) is 0 Å². The van der Waals surface area contributed by atoms with Gasteiger partial charge in [0.25, 0.3) is 0 Å². The minimum absolute atomic E-state index is 0.447. The molecule has 0 spiro atoms. The molecule has 0 saturated heterocycles. The second-order valence-corrected chi connectivity index (χ2v) is 2.82. The van der Waals surface area contributed by atoms with E-state index in [-0.39, 0.29) is 0 Å². The molecule has 0 aliphatic carbocycles. The molecule has 0 aliphatic heterocycles. The van der Waals surface area contributed by atoms with Crippen LogP contribution in [-0.2, 0) is 9.53 Å². The Morgan fingerprint density at radius 3 is 2.87 bits per heavy atom. The summed E-state index contributed by atoms with van der Waals surface area (Å²) in [6.45, 7) is 0.958. The highest BCUT2D eigenvalue weighted by Gasteiger charge is 2.00. The van der Waals surface area contributed by atoms with Crippen LogP contribution < -0.4 is 10.5 Å². The molecule has 1 aromatic rings. The molecule has 1 heterocycles. The van der Waals surface area contributed by atoms with E-state index in [2.05, 4.69) is 4.98 Å². The number of aromatic nitrogens is 1. The van der Waals surface area contributed by atoms with Crippen LogP contribution in [0, 0.1) is 6.42 Å². The minimum atomic E-state index is -0.496. The number of pyridine rings is 1. The van der Waals surface area contributed by atoms with E-state index in [4.69, 9.17) is 15.2 Å². The van der Waals surface area contributed by atoms with Gasteiger partial charge in [-0.3, -0.25) is 4.79 Å². The summed E-state index contributed by atoms with van der Waals surface area (Å²) < 4.78 is 10.1. The SMILES string of the molecule is COCCOc1ccc([CH]C(N)=O)cn1. The Bertz CT molecular complexity index is 311. The van der Waals surface area contributed by atoms with E-state index in [9.17, 15) is 4.79 Å². The largest absolute Gasteiger partial charge is 0.475 e. The van der Waals surface area contributed by atoms with E-state index in [0.29, 0.717) is 24.7 Å². The summed E-state index contributed by atoms with van der Waals surface area (Å²) in [6.07, 6.45) is 2.82. The normalized spacial score (nSPS) is 9.93. The fourth-order valence-electron chi connectivity index (χ4n) is 0.956. The number of nitrogens with two attached hydrogens (primary N) is 1. The zero-order valence-corrected chi connectivity index (χ0v) is 8.47. The van der Waals surface area contributed by atoms with Crippen LogP contribution in [0.1, 0.15) is 5.56 Å². The molecule has 0 atom stereocenters. The van der Waals surface area contributed by atoms with Crippen molar-refractivity contribution in [2.45, 2.75) is 0 Å². The van der Waals surface area contributed by atoms with E-state index < -0.39 is 5.91 Å². The molecule has 0 aliphatic rings. The molecule has 0 fully saturated rings. The maximum atomic E-state index is 10.6. The minimum Gasteiger partial charge on any atom is -0.475 e. The Morgan fingerprint density at radius 2 is 2.33 bits per heavy atom. The van der Waals surface area contributed by atoms with Crippen LogP contribution in [0.4, 0.5) is 0 Å². The number of carbonyl (C=O) groups excluding carboxylic acids is 1. The second kappa shape index (κ2) is 5.98. The first-order valence-electron chi connectivity index (χ1n) is 4.44. The number of nitrogens with zero attached hydrogens (tertiary/aromatic N) is 1. The van der Waals surface area contributed by atoms with Crippen molar-refractivity contribution in [2.75, 3.05) is 20.3 Å². The molecule has 15 heavy (non-hydrogen) atoms. The second-order valence-electron chi connectivity index (χ2n) is 2.82. The number of hydrogen-bond donors (Lipinski definition) is 1. The third-order valence-electron chi connectivity index (χ3n) is 1.61. The van der Waals surface area contributed by atoms with Gasteiger partial charge in [-0.05, 0) is 5.56 Å². The van der Waals surface area contributed by atoms with E-state index in [1.807, 2.05) is 0 Å². The number of hydrogen-bond acceptors (Lipinski definition) is 4. The lowest BCUT2D eigenvalue weighted by Gasteiger charge is -2.04. The van der Waals surface area contributed by atoms with Crippen LogP contribution in [0.25, 0.3) is 0 Å². The van der Waals surface area contributed by atoms with E-state index >= 15 is 0 Å². The first kappa shape index (κ1) is 11.5. The Hall–Kier alpha value is -1.62. The number of amides is 1.